The second-order valence-corrected chi connectivity index (χ2v) is 5.70. The van der Waals surface area contributed by atoms with Crippen LogP contribution in [0, 0.1) is 11.6 Å². The van der Waals surface area contributed by atoms with Crippen LogP contribution in [0.2, 0.25) is 0 Å². The zero-order valence-corrected chi connectivity index (χ0v) is 12.5. The van der Waals surface area contributed by atoms with Crippen molar-refractivity contribution >= 4 is 22.5 Å². The highest BCUT2D eigenvalue weighted by Gasteiger charge is 2.28. The Bertz CT molecular complexity index is 914. The molecule has 2 heterocycles. The van der Waals surface area contributed by atoms with Crippen molar-refractivity contribution in [3.8, 4) is 11.1 Å². The van der Waals surface area contributed by atoms with E-state index >= 15 is 0 Å². The molecule has 0 saturated heterocycles. The first-order valence-corrected chi connectivity index (χ1v) is 7.38. The second-order valence-electron chi connectivity index (χ2n) is 5.70. The number of nitrogens with two attached hydrogens (primary N) is 1. The largest absolute Gasteiger partial charge is 0.386 e. The Kier molecular flexibility index (Phi) is 2.97. The zero-order chi connectivity index (χ0) is 16.1. The van der Waals surface area contributed by atoms with Gasteiger partial charge in [-0.25, -0.2) is 18.7 Å². The molecule has 4 rings (SSSR count). The molecule has 0 atom stereocenters. The number of benzene rings is 1. The topological polar surface area (TPSA) is 68.8 Å². The summed E-state index contributed by atoms with van der Waals surface area (Å²) in [5, 5.41) is 3.19. The molecular weight excluding hydrogens is 300 g/mol. The van der Waals surface area contributed by atoms with E-state index in [0.29, 0.717) is 22.6 Å². The van der Waals surface area contributed by atoms with Crippen LogP contribution in [0.5, 0.6) is 0 Å². The third kappa shape index (κ3) is 2.11. The predicted molar refractivity (Wildman–Crippen MR) is 85.1 cm³/mol. The highest BCUT2D eigenvalue weighted by Crippen LogP contribution is 2.42. The zero-order valence-electron chi connectivity index (χ0n) is 12.5. The van der Waals surface area contributed by atoms with Crippen LogP contribution in [-0.2, 0) is 0 Å². The average molecular weight is 315 g/mol. The van der Waals surface area contributed by atoms with Crippen LogP contribution in [0.3, 0.4) is 0 Å². The van der Waals surface area contributed by atoms with Crippen LogP contribution in [0.4, 0.5) is 20.3 Å². The van der Waals surface area contributed by atoms with E-state index < -0.39 is 11.6 Å². The van der Waals surface area contributed by atoms with Gasteiger partial charge in [-0.15, -0.1) is 0 Å². The molecule has 1 fully saturated rings. The van der Waals surface area contributed by atoms with E-state index in [1.807, 2.05) is 4.57 Å². The smallest absolute Gasteiger partial charge is 0.147 e. The highest BCUT2D eigenvalue weighted by molar-refractivity contribution is 6.01. The fourth-order valence-corrected chi connectivity index (χ4v) is 2.89. The minimum absolute atomic E-state index is 0.112. The number of hydrogen-bond donors (Lipinski definition) is 2. The van der Waals surface area contributed by atoms with Crippen molar-refractivity contribution in [1.29, 1.82) is 0 Å². The Hall–Kier alpha value is -2.70. The number of anilines is 2. The molecule has 118 valence electrons. The molecule has 3 aromatic rings. The Balaban J connectivity index is 2.01. The van der Waals surface area contributed by atoms with Gasteiger partial charge in [0.05, 0.1) is 11.1 Å². The number of hydrogen-bond acceptors (Lipinski definition) is 4. The maximum absolute atomic E-state index is 14.5. The third-order valence-corrected chi connectivity index (χ3v) is 4.20. The van der Waals surface area contributed by atoms with Crippen molar-refractivity contribution in [2.75, 3.05) is 18.1 Å². The predicted octanol–water partition coefficient (Wildman–Crippen LogP) is 3.34. The first-order chi connectivity index (χ1) is 11.1. The molecule has 23 heavy (non-hydrogen) atoms. The number of nitrogens with zero attached hydrogens (tertiary/aromatic N) is 3. The summed E-state index contributed by atoms with van der Waals surface area (Å²) < 4.78 is 30.6. The SMILES string of the molecule is CNc1cc(F)c(-c2cn(C3CC3)c3ncnc(N)c23)cc1F. The summed E-state index contributed by atoms with van der Waals surface area (Å²) in [7, 11) is 1.54. The maximum Gasteiger partial charge on any atom is 0.147 e. The van der Waals surface area contributed by atoms with Gasteiger partial charge in [0, 0.05) is 36.5 Å². The Labute approximate surface area is 131 Å². The fourth-order valence-electron chi connectivity index (χ4n) is 2.89. The summed E-state index contributed by atoms with van der Waals surface area (Å²) in [6, 6.07) is 2.66. The van der Waals surface area contributed by atoms with Gasteiger partial charge >= 0.3 is 0 Å². The van der Waals surface area contributed by atoms with E-state index in [1.165, 1.54) is 12.4 Å². The van der Waals surface area contributed by atoms with Gasteiger partial charge in [-0.05, 0) is 18.9 Å². The summed E-state index contributed by atoms with van der Waals surface area (Å²) in [6.45, 7) is 0. The van der Waals surface area contributed by atoms with Crippen LogP contribution in [-0.4, -0.2) is 21.6 Å². The summed E-state index contributed by atoms with van der Waals surface area (Å²) in [6.07, 6.45) is 5.27. The first-order valence-electron chi connectivity index (χ1n) is 7.38. The maximum atomic E-state index is 14.5. The third-order valence-electron chi connectivity index (χ3n) is 4.20. The van der Waals surface area contributed by atoms with Crippen LogP contribution in [0.1, 0.15) is 18.9 Å². The monoisotopic (exact) mass is 315 g/mol. The fraction of sp³-hybridized carbons (Fsp3) is 0.250. The molecule has 5 nitrogen and oxygen atoms in total. The van der Waals surface area contributed by atoms with Crippen molar-refractivity contribution in [2.24, 2.45) is 0 Å². The number of rotatable bonds is 3. The normalized spacial score (nSPS) is 14.4. The molecule has 1 aromatic carbocycles. The molecule has 2 aromatic heterocycles. The standard InChI is InChI=1S/C16H15F2N5/c1-20-13-5-11(17)9(4-12(13)18)10-6-23(8-2-3-8)16-14(10)15(19)21-7-22-16/h4-8,20H,2-3H2,1H3,(H2,19,21,22). The Morgan fingerprint density at radius 1 is 1.17 bits per heavy atom. The summed E-state index contributed by atoms with van der Waals surface area (Å²) in [5.41, 5.74) is 7.43. The Morgan fingerprint density at radius 2 is 1.96 bits per heavy atom. The summed E-state index contributed by atoms with van der Waals surface area (Å²) in [5.74, 6) is -0.776. The molecule has 0 spiro atoms. The molecule has 1 saturated carbocycles. The van der Waals surface area contributed by atoms with Gasteiger partial charge in [0.2, 0.25) is 0 Å². The molecule has 0 unspecified atom stereocenters. The van der Waals surface area contributed by atoms with Crippen LogP contribution < -0.4 is 11.1 Å². The minimum atomic E-state index is -0.522. The van der Waals surface area contributed by atoms with Crippen molar-refractivity contribution in [2.45, 2.75) is 18.9 Å². The number of nitrogens with one attached hydrogen (secondary N) is 1. The molecule has 0 radical (unpaired) electrons. The van der Waals surface area contributed by atoms with E-state index in [9.17, 15) is 8.78 Å². The van der Waals surface area contributed by atoms with E-state index in [0.717, 1.165) is 18.9 Å². The quantitative estimate of drug-likeness (QED) is 0.778. The van der Waals surface area contributed by atoms with Gasteiger partial charge in [0.15, 0.2) is 0 Å². The molecule has 7 heteroatoms. The Morgan fingerprint density at radius 3 is 2.65 bits per heavy atom. The number of aromatic nitrogens is 3. The van der Waals surface area contributed by atoms with Crippen molar-refractivity contribution in [3.63, 3.8) is 0 Å². The molecule has 1 aliphatic rings. The summed E-state index contributed by atoms with van der Waals surface area (Å²) >= 11 is 0. The van der Waals surface area contributed by atoms with Crippen LogP contribution >= 0.6 is 0 Å². The van der Waals surface area contributed by atoms with Crippen molar-refractivity contribution < 1.29 is 8.78 Å². The lowest BCUT2D eigenvalue weighted by molar-refractivity contribution is 0.606. The van der Waals surface area contributed by atoms with Gasteiger partial charge in [0.25, 0.3) is 0 Å². The minimum Gasteiger partial charge on any atom is -0.386 e. The first kappa shape index (κ1) is 13.9. The van der Waals surface area contributed by atoms with Crippen LogP contribution in [0.25, 0.3) is 22.2 Å². The van der Waals surface area contributed by atoms with Crippen molar-refractivity contribution in [3.05, 3.63) is 36.3 Å². The van der Waals surface area contributed by atoms with E-state index in [-0.39, 0.29) is 17.1 Å². The lowest BCUT2D eigenvalue weighted by Gasteiger charge is -2.07. The molecule has 0 aliphatic heterocycles. The molecule has 0 amide bonds. The second kappa shape index (κ2) is 4.91. The number of halogens is 2. The molecule has 1 aliphatic carbocycles. The lowest BCUT2D eigenvalue weighted by atomic mass is 10.0. The average Bonchev–Trinajstić information content (AvgIpc) is 3.30. The number of nitrogen functional groups attached to an aromatic ring is 1. The van der Waals surface area contributed by atoms with Gasteiger partial charge in [0.1, 0.15) is 29.4 Å². The summed E-state index contributed by atoms with van der Waals surface area (Å²) in [4.78, 5) is 8.28. The van der Waals surface area contributed by atoms with Gasteiger partial charge in [-0.1, -0.05) is 0 Å². The number of fused-ring (bicyclic) bond motifs is 1. The lowest BCUT2D eigenvalue weighted by Crippen LogP contribution is -1.97. The van der Waals surface area contributed by atoms with Gasteiger partial charge in [-0.2, -0.15) is 0 Å². The van der Waals surface area contributed by atoms with E-state index in [1.54, 1.807) is 13.2 Å². The molecular formula is C16H15F2N5. The molecule has 0 bridgehead atoms. The van der Waals surface area contributed by atoms with Gasteiger partial charge in [-0.3, -0.25) is 0 Å². The molecule has 3 N–H and O–H groups in total. The van der Waals surface area contributed by atoms with Crippen molar-refractivity contribution in [1.82, 2.24) is 14.5 Å². The highest BCUT2D eigenvalue weighted by atomic mass is 19.1. The van der Waals surface area contributed by atoms with Gasteiger partial charge < -0.3 is 15.6 Å². The van der Waals surface area contributed by atoms with E-state index in [4.69, 9.17) is 5.73 Å². The van der Waals surface area contributed by atoms with E-state index in [2.05, 4.69) is 15.3 Å². The van der Waals surface area contributed by atoms with Crippen LogP contribution in [0.15, 0.2) is 24.7 Å².